The van der Waals surface area contributed by atoms with E-state index in [1.54, 1.807) is 0 Å². The number of hydrogen-bond donors (Lipinski definition) is 1. The zero-order valence-corrected chi connectivity index (χ0v) is 10.7. The maximum atomic E-state index is 3.76. The Hall–Kier alpha value is -1.02. The first kappa shape index (κ1) is 11.1. The number of hydrogen-bond acceptors (Lipinski definition) is 2. The minimum Gasteiger partial charge on any atom is -0.370 e. The predicted molar refractivity (Wildman–Crippen MR) is 72.6 cm³/mol. The molecule has 2 saturated heterocycles. The molecule has 2 heterocycles. The van der Waals surface area contributed by atoms with Crippen LogP contribution in [0.15, 0.2) is 24.3 Å². The molecule has 92 valence electrons. The monoisotopic (exact) mass is 230 g/mol. The Morgan fingerprint density at radius 3 is 2.65 bits per heavy atom. The van der Waals surface area contributed by atoms with Gasteiger partial charge in [0.05, 0.1) is 0 Å². The molecule has 2 aliphatic heterocycles. The Morgan fingerprint density at radius 2 is 1.94 bits per heavy atom. The summed E-state index contributed by atoms with van der Waals surface area (Å²) in [6, 6.07) is 8.96. The van der Waals surface area contributed by atoms with E-state index < -0.39 is 0 Å². The number of anilines is 1. The van der Waals surface area contributed by atoms with Crippen molar-refractivity contribution in [1.82, 2.24) is 5.32 Å². The second-order valence-electron chi connectivity index (χ2n) is 5.67. The number of benzene rings is 1. The van der Waals surface area contributed by atoms with E-state index in [2.05, 4.69) is 41.4 Å². The normalized spacial score (nSPS) is 28.9. The largest absolute Gasteiger partial charge is 0.370 e. The third kappa shape index (κ3) is 2.19. The molecule has 2 aliphatic rings. The molecule has 2 fully saturated rings. The summed E-state index contributed by atoms with van der Waals surface area (Å²) in [5.41, 5.74) is 3.15. The highest BCUT2D eigenvalue weighted by Crippen LogP contribution is 2.32. The average molecular weight is 230 g/mol. The SMILES string of the molecule is Cc1ccc(N2CCC3(CCCCN3)C2)cc1. The maximum absolute atomic E-state index is 3.76. The van der Waals surface area contributed by atoms with E-state index in [-0.39, 0.29) is 0 Å². The summed E-state index contributed by atoms with van der Waals surface area (Å²) < 4.78 is 0. The van der Waals surface area contributed by atoms with Crippen molar-refractivity contribution in [2.45, 2.75) is 38.1 Å². The van der Waals surface area contributed by atoms with E-state index in [1.807, 2.05) is 0 Å². The Bertz CT molecular complexity index is 376. The van der Waals surface area contributed by atoms with Gasteiger partial charge in [0, 0.05) is 24.3 Å². The van der Waals surface area contributed by atoms with E-state index in [0.717, 1.165) is 0 Å². The lowest BCUT2D eigenvalue weighted by Crippen LogP contribution is -2.50. The summed E-state index contributed by atoms with van der Waals surface area (Å²) >= 11 is 0. The average Bonchev–Trinajstić information content (AvgIpc) is 2.75. The van der Waals surface area contributed by atoms with Gasteiger partial charge in [0.25, 0.3) is 0 Å². The molecule has 1 aromatic carbocycles. The summed E-state index contributed by atoms with van der Waals surface area (Å²) in [5.74, 6) is 0. The van der Waals surface area contributed by atoms with Crippen LogP contribution in [-0.2, 0) is 0 Å². The zero-order chi connectivity index (χ0) is 11.7. The molecule has 1 unspecified atom stereocenters. The summed E-state index contributed by atoms with van der Waals surface area (Å²) in [6.07, 6.45) is 5.41. The van der Waals surface area contributed by atoms with Crippen molar-refractivity contribution in [2.24, 2.45) is 0 Å². The second-order valence-corrected chi connectivity index (χ2v) is 5.67. The van der Waals surface area contributed by atoms with Gasteiger partial charge in [0.2, 0.25) is 0 Å². The first-order valence-corrected chi connectivity index (χ1v) is 6.84. The van der Waals surface area contributed by atoms with Crippen LogP contribution in [0, 0.1) is 6.92 Å². The van der Waals surface area contributed by atoms with Crippen LogP contribution < -0.4 is 10.2 Å². The lowest BCUT2D eigenvalue weighted by Gasteiger charge is -2.35. The van der Waals surface area contributed by atoms with Crippen molar-refractivity contribution in [3.8, 4) is 0 Å². The molecule has 1 N–H and O–H groups in total. The minimum absolute atomic E-state index is 0.420. The highest BCUT2D eigenvalue weighted by Gasteiger charge is 2.38. The zero-order valence-electron chi connectivity index (χ0n) is 10.7. The molecule has 0 amide bonds. The topological polar surface area (TPSA) is 15.3 Å². The summed E-state index contributed by atoms with van der Waals surface area (Å²) in [4.78, 5) is 2.54. The van der Waals surface area contributed by atoms with Crippen molar-refractivity contribution < 1.29 is 0 Å². The molecule has 1 spiro atoms. The van der Waals surface area contributed by atoms with Crippen molar-refractivity contribution in [2.75, 3.05) is 24.5 Å². The highest BCUT2D eigenvalue weighted by molar-refractivity contribution is 5.49. The number of nitrogens with one attached hydrogen (secondary N) is 1. The molecule has 3 rings (SSSR count). The first-order valence-electron chi connectivity index (χ1n) is 6.84. The lowest BCUT2D eigenvalue weighted by atomic mass is 9.88. The number of piperidine rings is 1. The molecule has 0 aliphatic carbocycles. The maximum Gasteiger partial charge on any atom is 0.0374 e. The Morgan fingerprint density at radius 1 is 1.12 bits per heavy atom. The van der Waals surface area contributed by atoms with Crippen molar-refractivity contribution in [3.63, 3.8) is 0 Å². The Balaban J connectivity index is 1.72. The van der Waals surface area contributed by atoms with Gasteiger partial charge < -0.3 is 10.2 Å². The standard InChI is InChI=1S/C15H22N2/c1-13-4-6-14(7-5-13)17-11-9-15(12-17)8-2-3-10-16-15/h4-7,16H,2-3,8-12H2,1H3. The van der Waals surface area contributed by atoms with Gasteiger partial charge in [-0.25, -0.2) is 0 Å². The molecule has 1 aromatic rings. The number of nitrogens with zero attached hydrogens (tertiary/aromatic N) is 1. The minimum atomic E-state index is 0.420. The quantitative estimate of drug-likeness (QED) is 0.798. The number of aryl methyl sites for hydroxylation is 1. The summed E-state index contributed by atoms with van der Waals surface area (Å²) in [5, 5.41) is 3.76. The van der Waals surface area contributed by atoms with Gasteiger partial charge in [0.15, 0.2) is 0 Å². The Labute approximate surface area is 104 Å². The Kier molecular flexibility index (Phi) is 2.83. The van der Waals surface area contributed by atoms with Gasteiger partial charge in [0.1, 0.15) is 0 Å². The fourth-order valence-corrected chi connectivity index (χ4v) is 3.23. The fraction of sp³-hybridized carbons (Fsp3) is 0.600. The molecule has 1 atom stereocenters. The highest BCUT2D eigenvalue weighted by atomic mass is 15.2. The molecule has 0 bridgehead atoms. The molecule has 0 saturated carbocycles. The van der Waals surface area contributed by atoms with Crippen LogP contribution in [0.3, 0.4) is 0 Å². The van der Waals surface area contributed by atoms with Crippen LogP contribution in [0.2, 0.25) is 0 Å². The van der Waals surface area contributed by atoms with Crippen LogP contribution in [-0.4, -0.2) is 25.2 Å². The van der Waals surface area contributed by atoms with Gasteiger partial charge in [-0.2, -0.15) is 0 Å². The van der Waals surface area contributed by atoms with Crippen LogP contribution in [0.25, 0.3) is 0 Å². The third-order valence-electron chi connectivity index (χ3n) is 4.34. The molecule has 0 aromatic heterocycles. The lowest BCUT2D eigenvalue weighted by molar-refractivity contribution is 0.280. The van der Waals surface area contributed by atoms with Crippen molar-refractivity contribution in [1.29, 1.82) is 0 Å². The summed E-state index contributed by atoms with van der Waals surface area (Å²) in [6.45, 7) is 5.76. The van der Waals surface area contributed by atoms with E-state index in [1.165, 1.54) is 56.6 Å². The molecule has 2 heteroatoms. The van der Waals surface area contributed by atoms with Gasteiger partial charge in [-0.1, -0.05) is 24.1 Å². The van der Waals surface area contributed by atoms with Crippen LogP contribution >= 0.6 is 0 Å². The molecular weight excluding hydrogens is 208 g/mol. The fourth-order valence-electron chi connectivity index (χ4n) is 3.23. The molecule has 0 radical (unpaired) electrons. The third-order valence-corrected chi connectivity index (χ3v) is 4.34. The van der Waals surface area contributed by atoms with E-state index in [9.17, 15) is 0 Å². The van der Waals surface area contributed by atoms with Gasteiger partial charge in [-0.15, -0.1) is 0 Å². The van der Waals surface area contributed by atoms with E-state index in [0.29, 0.717) is 5.54 Å². The summed E-state index contributed by atoms with van der Waals surface area (Å²) in [7, 11) is 0. The van der Waals surface area contributed by atoms with Gasteiger partial charge >= 0.3 is 0 Å². The van der Waals surface area contributed by atoms with Gasteiger partial charge in [-0.3, -0.25) is 0 Å². The smallest absolute Gasteiger partial charge is 0.0374 e. The second kappa shape index (κ2) is 4.34. The number of rotatable bonds is 1. The van der Waals surface area contributed by atoms with Crippen LogP contribution in [0.1, 0.15) is 31.2 Å². The van der Waals surface area contributed by atoms with E-state index in [4.69, 9.17) is 0 Å². The van der Waals surface area contributed by atoms with Crippen molar-refractivity contribution >= 4 is 5.69 Å². The molecule has 2 nitrogen and oxygen atoms in total. The molecule has 17 heavy (non-hydrogen) atoms. The predicted octanol–water partition coefficient (Wildman–Crippen LogP) is 2.72. The van der Waals surface area contributed by atoms with E-state index >= 15 is 0 Å². The van der Waals surface area contributed by atoms with Crippen molar-refractivity contribution in [3.05, 3.63) is 29.8 Å². The first-order chi connectivity index (χ1) is 8.27. The molecular formula is C15H22N2. The van der Waals surface area contributed by atoms with Crippen LogP contribution in [0.5, 0.6) is 0 Å². The van der Waals surface area contributed by atoms with Gasteiger partial charge in [-0.05, 0) is 44.9 Å². The van der Waals surface area contributed by atoms with Crippen LogP contribution in [0.4, 0.5) is 5.69 Å².